The number of aromatic nitrogens is 4. The van der Waals surface area contributed by atoms with Crippen LogP contribution in [0.15, 0.2) is 85.2 Å². The highest BCUT2D eigenvalue weighted by atomic mass is 16.5. The number of tetrazole rings is 1. The Bertz CT molecular complexity index is 1190. The maximum atomic E-state index is 12.4. The molecule has 4 aromatic rings. The van der Waals surface area contributed by atoms with E-state index >= 15 is 0 Å². The largest absolute Gasteiger partial charge is 0.489 e. The summed E-state index contributed by atoms with van der Waals surface area (Å²) >= 11 is 0. The third-order valence-corrected chi connectivity index (χ3v) is 4.74. The van der Waals surface area contributed by atoms with Crippen molar-refractivity contribution >= 4 is 17.6 Å². The number of esters is 1. The number of nitrogens with one attached hydrogen (secondary N) is 1. The van der Waals surface area contributed by atoms with Crippen LogP contribution >= 0.6 is 0 Å². The molecule has 1 heterocycles. The summed E-state index contributed by atoms with van der Waals surface area (Å²) in [6.45, 7) is 1.97. The van der Waals surface area contributed by atoms with Gasteiger partial charge in [0, 0.05) is 5.69 Å². The van der Waals surface area contributed by atoms with Gasteiger partial charge in [0.25, 0.3) is 5.91 Å². The van der Waals surface area contributed by atoms with Crippen LogP contribution in [-0.4, -0.2) is 38.2 Å². The lowest BCUT2D eigenvalue weighted by Gasteiger charge is -2.14. The molecule has 1 aromatic heterocycles. The quantitative estimate of drug-likeness (QED) is 0.416. The Balaban J connectivity index is 1.27. The van der Waals surface area contributed by atoms with E-state index in [1.54, 1.807) is 48.5 Å². The molecule has 33 heavy (non-hydrogen) atoms. The second kappa shape index (κ2) is 10.2. The second-order valence-electron chi connectivity index (χ2n) is 7.14. The predicted octanol–water partition coefficient (Wildman–Crippen LogP) is 3.43. The van der Waals surface area contributed by atoms with Crippen LogP contribution in [0.5, 0.6) is 5.75 Å². The van der Waals surface area contributed by atoms with E-state index in [-0.39, 0.29) is 0 Å². The van der Waals surface area contributed by atoms with Crippen molar-refractivity contribution in [3.63, 3.8) is 0 Å². The molecular formula is C24H21N5O4. The molecule has 4 rings (SSSR count). The van der Waals surface area contributed by atoms with Gasteiger partial charge < -0.3 is 14.8 Å². The van der Waals surface area contributed by atoms with Crippen LogP contribution < -0.4 is 10.1 Å². The molecule has 0 spiro atoms. The summed E-state index contributed by atoms with van der Waals surface area (Å²) < 4.78 is 12.5. The van der Waals surface area contributed by atoms with Crippen molar-refractivity contribution in [1.29, 1.82) is 0 Å². The fourth-order valence-electron chi connectivity index (χ4n) is 2.93. The van der Waals surface area contributed by atoms with Crippen molar-refractivity contribution in [2.45, 2.75) is 19.6 Å². The van der Waals surface area contributed by atoms with Crippen molar-refractivity contribution < 1.29 is 19.1 Å². The molecule has 3 aromatic carbocycles. The molecule has 0 aliphatic heterocycles. The van der Waals surface area contributed by atoms with E-state index in [0.717, 1.165) is 5.56 Å². The van der Waals surface area contributed by atoms with Crippen molar-refractivity contribution in [3.8, 4) is 11.4 Å². The monoisotopic (exact) mass is 443 g/mol. The summed E-state index contributed by atoms with van der Waals surface area (Å²) in [4.78, 5) is 24.8. The maximum absolute atomic E-state index is 12.4. The Hall–Kier alpha value is -4.53. The van der Waals surface area contributed by atoms with Crippen LogP contribution in [0.3, 0.4) is 0 Å². The van der Waals surface area contributed by atoms with E-state index < -0.39 is 18.0 Å². The first-order valence-corrected chi connectivity index (χ1v) is 10.2. The highest BCUT2D eigenvalue weighted by Gasteiger charge is 2.19. The number of carbonyl (C=O) groups excluding carboxylic acids is 2. The molecule has 0 aliphatic carbocycles. The summed E-state index contributed by atoms with van der Waals surface area (Å²) in [5, 5.41) is 13.6. The van der Waals surface area contributed by atoms with Crippen LogP contribution in [0.4, 0.5) is 5.69 Å². The van der Waals surface area contributed by atoms with Crippen LogP contribution in [0, 0.1) is 0 Å². The van der Waals surface area contributed by atoms with Crippen LogP contribution in [0.25, 0.3) is 5.69 Å². The molecule has 0 radical (unpaired) electrons. The highest BCUT2D eigenvalue weighted by Crippen LogP contribution is 2.18. The summed E-state index contributed by atoms with van der Waals surface area (Å²) in [6, 6.07) is 23.3. The van der Waals surface area contributed by atoms with E-state index in [1.165, 1.54) is 17.9 Å². The number of anilines is 1. The summed E-state index contributed by atoms with van der Waals surface area (Å²) in [5.41, 5.74) is 2.64. The van der Waals surface area contributed by atoms with Gasteiger partial charge >= 0.3 is 5.97 Å². The first-order chi connectivity index (χ1) is 16.1. The number of rotatable bonds is 8. The van der Waals surface area contributed by atoms with E-state index in [0.29, 0.717) is 29.3 Å². The number of hydrogen-bond acceptors (Lipinski definition) is 7. The SMILES string of the molecule is C[C@H](OC(=O)c1ccc(-n2cnnn2)cc1)C(=O)Nc1ccc(OCc2ccccc2)cc1. The lowest BCUT2D eigenvalue weighted by molar-refractivity contribution is -0.123. The van der Waals surface area contributed by atoms with Gasteiger partial charge in [-0.2, -0.15) is 0 Å². The van der Waals surface area contributed by atoms with E-state index in [1.807, 2.05) is 30.3 Å². The minimum absolute atomic E-state index is 0.311. The van der Waals surface area contributed by atoms with Crippen LogP contribution in [0.2, 0.25) is 0 Å². The number of benzene rings is 3. The van der Waals surface area contributed by atoms with Gasteiger partial charge in [-0.1, -0.05) is 30.3 Å². The average Bonchev–Trinajstić information content (AvgIpc) is 3.39. The van der Waals surface area contributed by atoms with Gasteiger partial charge in [-0.25, -0.2) is 9.48 Å². The zero-order chi connectivity index (χ0) is 23.0. The number of carbonyl (C=O) groups is 2. The lowest BCUT2D eigenvalue weighted by atomic mass is 10.2. The molecule has 1 amide bonds. The average molecular weight is 443 g/mol. The zero-order valence-electron chi connectivity index (χ0n) is 17.8. The first kappa shape index (κ1) is 21.7. The third kappa shape index (κ3) is 5.79. The molecule has 1 N–H and O–H groups in total. The molecule has 0 unspecified atom stereocenters. The molecule has 0 aliphatic rings. The molecule has 0 fully saturated rings. The predicted molar refractivity (Wildman–Crippen MR) is 120 cm³/mol. The highest BCUT2D eigenvalue weighted by molar-refractivity contribution is 5.97. The molecule has 1 atom stereocenters. The summed E-state index contributed by atoms with van der Waals surface area (Å²) in [6.07, 6.45) is 0.465. The Morgan fingerprint density at radius 1 is 0.970 bits per heavy atom. The van der Waals surface area contributed by atoms with Gasteiger partial charge in [-0.3, -0.25) is 4.79 Å². The number of amides is 1. The Labute approximate surface area is 190 Å². The Morgan fingerprint density at radius 2 is 1.70 bits per heavy atom. The molecule has 166 valence electrons. The lowest BCUT2D eigenvalue weighted by Crippen LogP contribution is -2.30. The fourth-order valence-corrected chi connectivity index (χ4v) is 2.93. The molecule has 0 saturated carbocycles. The van der Waals surface area contributed by atoms with Gasteiger partial charge in [0.2, 0.25) is 0 Å². The molecule has 0 saturated heterocycles. The molecular weight excluding hydrogens is 422 g/mol. The van der Waals surface area contributed by atoms with Gasteiger partial charge in [0.1, 0.15) is 18.7 Å². The number of hydrogen-bond donors (Lipinski definition) is 1. The Kier molecular flexibility index (Phi) is 6.70. The molecule has 9 heteroatoms. The smallest absolute Gasteiger partial charge is 0.338 e. The van der Waals surface area contributed by atoms with Crippen molar-refractivity contribution in [1.82, 2.24) is 20.2 Å². The first-order valence-electron chi connectivity index (χ1n) is 10.2. The topological polar surface area (TPSA) is 108 Å². The van der Waals surface area contributed by atoms with Crippen molar-refractivity contribution in [2.75, 3.05) is 5.32 Å². The Morgan fingerprint density at radius 3 is 2.36 bits per heavy atom. The van der Waals surface area contributed by atoms with E-state index in [2.05, 4.69) is 20.8 Å². The minimum atomic E-state index is -0.981. The minimum Gasteiger partial charge on any atom is -0.489 e. The van der Waals surface area contributed by atoms with Gasteiger partial charge in [-0.05, 0) is 71.4 Å². The van der Waals surface area contributed by atoms with Crippen molar-refractivity contribution in [2.24, 2.45) is 0 Å². The maximum Gasteiger partial charge on any atom is 0.338 e. The molecule has 9 nitrogen and oxygen atoms in total. The fraction of sp³-hybridized carbons (Fsp3) is 0.125. The summed E-state index contributed by atoms with van der Waals surface area (Å²) in [7, 11) is 0. The molecule has 0 bridgehead atoms. The standard InChI is InChI=1S/C24H21N5O4/c1-17(33-24(31)19-7-11-21(12-8-19)29-16-25-27-28-29)23(30)26-20-9-13-22(14-10-20)32-15-18-5-3-2-4-6-18/h2-14,16-17H,15H2,1H3,(H,26,30)/t17-/m0/s1. The number of ether oxygens (including phenoxy) is 2. The van der Waals surface area contributed by atoms with Gasteiger partial charge in [-0.15, -0.1) is 5.10 Å². The number of nitrogens with zero attached hydrogens (tertiary/aromatic N) is 4. The van der Waals surface area contributed by atoms with Gasteiger partial charge in [0.15, 0.2) is 6.10 Å². The zero-order valence-corrected chi connectivity index (χ0v) is 17.8. The van der Waals surface area contributed by atoms with Gasteiger partial charge in [0.05, 0.1) is 11.3 Å². The van der Waals surface area contributed by atoms with Crippen LogP contribution in [-0.2, 0) is 16.1 Å². The summed E-state index contributed by atoms with van der Waals surface area (Å²) in [5.74, 6) is -0.362. The normalized spacial score (nSPS) is 11.4. The van der Waals surface area contributed by atoms with E-state index in [9.17, 15) is 9.59 Å². The van der Waals surface area contributed by atoms with Crippen LogP contribution in [0.1, 0.15) is 22.8 Å². The van der Waals surface area contributed by atoms with E-state index in [4.69, 9.17) is 9.47 Å². The third-order valence-electron chi connectivity index (χ3n) is 4.74. The van der Waals surface area contributed by atoms with Crippen molar-refractivity contribution in [3.05, 3.63) is 96.3 Å². The second-order valence-corrected chi connectivity index (χ2v) is 7.14.